The number of likely N-dealkylation sites (tertiary alicyclic amines) is 1. The predicted molar refractivity (Wildman–Crippen MR) is 90.4 cm³/mol. The Bertz CT molecular complexity index is 570. The smallest absolute Gasteiger partial charge is 0.226 e. The Morgan fingerprint density at radius 1 is 1.17 bits per heavy atom. The molecule has 1 heterocycles. The number of hydrogen-bond donors (Lipinski definition) is 1. The van der Waals surface area contributed by atoms with Crippen LogP contribution in [-0.2, 0) is 4.79 Å². The molecule has 4 rings (SSSR count). The third-order valence-electron chi connectivity index (χ3n) is 8.31. The quantitative estimate of drug-likeness (QED) is 0.742. The fourth-order valence-corrected chi connectivity index (χ4v) is 6.86. The summed E-state index contributed by atoms with van der Waals surface area (Å²) in [5.74, 6) is 2.75. The van der Waals surface area contributed by atoms with Crippen LogP contribution in [0.25, 0.3) is 0 Å². The Morgan fingerprint density at radius 2 is 1.91 bits per heavy atom. The lowest BCUT2D eigenvalue weighted by atomic mass is 9.47. The topological polar surface area (TPSA) is 40.5 Å². The summed E-state index contributed by atoms with van der Waals surface area (Å²) in [6, 6.07) is 0. The van der Waals surface area contributed by atoms with Crippen LogP contribution in [0.4, 0.5) is 0 Å². The van der Waals surface area contributed by atoms with Crippen LogP contribution in [0, 0.1) is 34.5 Å². The van der Waals surface area contributed by atoms with E-state index in [0.717, 1.165) is 19.3 Å². The first-order valence-corrected chi connectivity index (χ1v) is 9.46. The number of aliphatic hydroxyl groups is 1. The van der Waals surface area contributed by atoms with Crippen molar-refractivity contribution >= 4 is 5.91 Å². The molecule has 0 aromatic carbocycles. The van der Waals surface area contributed by atoms with Gasteiger partial charge >= 0.3 is 0 Å². The molecule has 0 aromatic heterocycles. The highest BCUT2D eigenvalue weighted by Gasteiger charge is 2.60. The maximum Gasteiger partial charge on any atom is 0.226 e. The van der Waals surface area contributed by atoms with Gasteiger partial charge in [-0.1, -0.05) is 26.8 Å². The number of carbonyl (C=O) groups is 1. The first-order valence-electron chi connectivity index (χ1n) is 9.46. The van der Waals surface area contributed by atoms with Gasteiger partial charge in [-0.15, -0.1) is 0 Å². The van der Waals surface area contributed by atoms with Crippen molar-refractivity contribution in [2.24, 2.45) is 34.5 Å². The number of nitrogens with zero attached hydrogens (tertiary/aromatic N) is 1. The van der Waals surface area contributed by atoms with Gasteiger partial charge in [0.05, 0.1) is 6.10 Å². The number of fused-ring (bicyclic) bond motifs is 5. The van der Waals surface area contributed by atoms with Gasteiger partial charge in [-0.05, 0) is 61.2 Å². The van der Waals surface area contributed by atoms with E-state index < -0.39 is 0 Å². The third kappa shape index (κ3) is 1.89. The van der Waals surface area contributed by atoms with Crippen molar-refractivity contribution in [1.82, 2.24) is 4.90 Å². The van der Waals surface area contributed by atoms with Crippen LogP contribution in [0.2, 0.25) is 0 Å². The number of carbonyl (C=O) groups excluding carboxylic acids is 1. The zero-order chi connectivity index (χ0) is 16.6. The summed E-state index contributed by atoms with van der Waals surface area (Å²) in [6.45, 7) is 7.07. The molecule has 2 saturated carbocycles. The molecule has 3 heteroatoms. The molecule has 0 aromatic rings. The van der Waals surface area contributed by atoms with Crippen molar-refractivity contribution in [2.45, 2.75) is 65.4 Å². The normalized spacial score (nSPS) is 52.6. The average Bonchev–Trinajstić information content (AvgIpc) is 2.82. The van der Waals surface area contributed by atoms with Crippen LogP contribution in [-0.4, -0.2) is 29.1 Å². The van der Waals surface area contributed by atoms with Gasteiger partial charge in [0.15, 0.2) is 0 Å². The van der Waals surface area contributed by atoms with Gasteiger partial charge in [-0.2, -0.15) is 0 Å². The van der Waals surface area contributed by atoms with E-state index in [1.165, 1.54) is 18.5 Å². The molecule has 3 aliphatic carbocycles. The summed E-state index contributed by atoms with van der Waals surface area (Å²) in [7, 11) is 1.96. The Balaban J connectivity index is 1.77. The molecular weight excluding hydrogens is 286 g/mol. The van der Waals surface area contributed by atoms with Gasteiger partial charge in [-0.3, -0.25) is 4.79 Å². The lowest BCUT2D eigenvalue weighted by molar-refractivity contribution is -0.137. The van der Waals surface area contributed by atoms with E-state index in [-0.39, 0.29) is 22.8 Å². The van der Waals surface area contributed by atoms with E-state index in [0.29, 0.717) is 30.1 Å². The van der Waals surface area contributed by atoms with Crippen LogP contribution in [0.15, 0.2) is 11.8 Å². The molecule has 3 fully saturated rings. The first kappa shape index (κ1) is 15.7. The van der Waals surface area contributed by atoms with Crippen molar-refractivity contribution < 1.29 is 9.90 Å². The molecule has 7 atom stereocenters. The number of amides is 1. The third-order valence-corrected chi connectivity index (χ3v) is 8.31. The summed E-state index contributed by atoms with van der Waals surface area (Å²) in [5.41, 5.74) is 1.55. The summed E-state index contributed by atoms with van der Waals surface area (Å²) < 4.78 is 0. The van der Waals surface area contributed by atoms with Crippen LogP contribution in [0.5, 0.6) is 0 Å². The van der Waals surface area contributed by atoms with Gasteiger partial charge in [0, 0.05) is 24.6 Å². The maximum absolute atomic E-state index is 12.2. The number of hydrogen-bond acceptors (Lipinski definition) is 2. The monoisotopic (exact) mass is 317 g/mol. The van der Waals surface area contributed by atoms with E-state index in [1.807, 2.05) is 11.9 Å². The summed E-state index contributed by atoms with van der Waals surface area (Å²) >= 11 is 0. The molecule has 0 radical (unpaired) electrons. The maximum atomic E-state index is 12.2. The van der Waals surface area contributed by atoms with Gasteiger partial charge in [0.25, 0.3) is 0 Å². The molecular formula is C20H31NO2. The number of piperidine rings is 1. The van der Waals surface area contributed by atoms with Crippen LogP contribution < -0.4 is 0 Å². The second kappa shape index (κ2) is 4.84. The molecule has 1 aliphatic heterocycles. The molecule has 23 heavy (non-hydrogen) atoms. The van der Waals surface area contributed by atoms with Gasteiger partial charge in [-0.25, -0.2) is 0 Å². The van der Waals surface area contributed by atoms with Crippen LogP contribution >= 0.6 is 0 Å². The Kier molecular flexibility index (Phi) is 3.30. The fourth-order valence-electron chi connectivity index (χ4n) is 6.86. The highest BCUT2D eigenvalue weighted by molar-refractivity contribution is 5.79. The molecule has 0 spiro atoms. The largest absolute Gasteiger partial charge is 0.393 e. The van der Waals surface area contributed by atoms with Gasteiger partial charge in [0.1, 0.15) is 0 Å². The highest BCUT2D eigenvalue weighted by atomic mass is 16.3. The molecule has 1 amide bonds. The zero-order valence-electron chi connectivity index (χ0n) is 15.0. The fraction of sp³-hybridized carbons (Fsp3) is 0.850. The minimum atomic E-state index is -0.116. The Hall–Kier alpha value is -0.830. The molecule has 2 unspecified atom stereocenters. The molecule has 3 nitrogen and oxygen atoms in total. The molecule has 128 valence electrons. The Labute approximate surface area is 140 Å². The summed E-state index contributed by atoms with van der Waals surface area (Å²) in [6.07, 6.45) is 8.47. The number of aliphatic hydroxyl groups excluding tert-OH is 1. The molecule has 1 N–H and O–H groups in total. The van der Waals surface area contributed by atoms with E-state index >= 15 is 0 Å². The summed E-state index contributed by atoms with van der Waals surface area (Å²) in [5, 5.41) is 10.6. The second-order valence-corrected chi connectivity index (χ2v) is 9.21. The molecule has 0 bridgehead atoms. The van der Waals surface area contributed by atoms with E-state index in [4.69, 9.17) is 0 Å². The molecule has 1 saturated heterocycles. The SMILES string of the molecule is CC1C=C2N(C)C(=O)CC[C@]2(C)[C@H]2CC[C@]3(C)C(O)CC[C@H]3[C@H]12. The van der Waals surface area contributed by atoms with Gasteiger partial charge < -0.3 is 10.0 Å². The van der Waals surface area contributed by atoms with E-state index in [9.17, 15) is 9.90 Å². The number of rotatable bonds is 0. The van der Waals surface area contributed by atoms with Crippen molar-refractivity contribution in [2.75, 3.05) is 7.05 Å². The standard InChI is InChI=1S/C20H31NO2/c1-12-11-15-19(2,10-8-17(23)21(15)4)14-7-9-20(3)13(18(12)14)5-6-16(20)22/h11-14,16,18,22H,5-10H2,1-4H3/t12?,13-,14-,16?,18-,19+,20-/m0/s1. The van der Waals surface area contributed by atoms with E-state index in [2.05, 4.69) is 26.8 Å². The van der Waals surface area contributed by atoms with Crippen LogP contribution in [0.1, 0.15) is 59.3 Å². The lowest BCUT2D eigenvalue weighted by Crippen LogP contribution is -2.55. The van der Waals surface area contributed by atoms with E-state index in [1.54, 1.807) is 0 Å². The van der Waals surface area contributed by atoms with Crippen LogP contribution in [0.3, 0.4) is 0 Å². The van der Waals surface area contributed by atoms with Crippen molar-refractivity contribution in [3.05, 3.63) is 11.8 Å². The minimum absolute atomic E-state index is 0.116. The summed E-state index contributed by atoms with van der Waals surface area (Å²) in [4.78, 5) is 14.1. The zero-order valence-corrected chi connectivity index (χ0v) is 15.0. The highest BCUT2D eigenvalue weighted by Crippen LogP contribution is 2.65. The first-order chi connectivity index (χ1) is 10.8. The van der Waals surface area contributed by atoms with Crippen molar-refractivity contribution in [3.8, 4) is 0 Å². The van der Waals surface area contributed by atoms with Crippen molar-refractivity contribution in [1.29, 1.82) is 0 Å². The second-order valence-electron chi connectivity index (χ2n) is 9.21. The average molecular weight is 317 g/mol. The number of allylic oxidation sites excluding steroid dienone is 2. The lowest BCUT2D eigenvalue weighted by Gasteiger charge is -2.59. The molecule has 4 aliphatic rings. The Morgan fingerprint density at radius 3 is 2.65 bits per heavy atom. The van der Waals surface area contributed by atoms with Crippen molar-refractivity contribution in [3.63, 3.8) is 0 Å². The van der Waals surface area contributed by atoms with Gasteiger partial charge in [0.2, 0.25) is 5.91 Å². The minimum Gasteiger partial charge on any atom is -0.393 e. The predicted octanol–water partition coefficient (Wildman–Crippen LogP) is 3.58.